The first-order chi connectivity index (χ1) is 16.4. The van der Waals surface area contributed by atoms with Gasteiger partial charge in [-0.3, -0.25) is 14.2 Å². The first-order valence-corrected chi connectivity index (χ1v) is 10.9. The highest BCUT2D eigenvalue weighted by atomic mass is 35.5. The third-order valence-corrected chi connectivity index (χ3v) is 5.89. The molecule has 5 aromatic rings. The van der Waals surface area contributed by atoms with Crippen LogP contribution in [0.15, 0.2) is 71.5 Å². The van der Waals surface area contributed by atoms with Gasteiger partial charge in [-0.25, -0.2) is 8.91 Å². The average molecular weight is 476 g/mol. The van der Waals surface area contributed by atoms with E-state index in [1.54, 1.807) is 30.3 Å². The van der Waals surface area contributed by atoms with E-state index in [-0.39, 0.29) is 30.4 Å². The van der Waals surface area contributed by atoms with Gasteiger partial charge in [-0.05, 0) is 53.9 Å². The summed E-state index contributed by atoms with van der Waals surface area (Å²) in [5.41, 5.74) is 3.11. The summed E-state index contributed by atoms with van der Waals surface area (Å²) in [5, 5.41) is 7.59. The molecule has 0 spiro atoms. The Balaban J connectivity index is 1.58. The highest BCUT2D eigenvalue weighted by molar-refractivity contribution is 6.31. The molecule has 0 saturated carbocycles. The summed E-state index contributed by atoms with van der Waals surface area (Å²) in [6, 6.07) is 18.8. The smallest absolute Gasteiger partial charge is 0.296 e. The number of carbonyl (C=O) groups excluding carboxylic acids is 1. The van der Waals surface area contributed by atoms with E-state index in [2.05, 4.69) is 15.4 Å². The number of fused-ring (bicyclic) bond motifs is 3. The monoisotopic (exact) mass is 475 g/mol. The molecule has 2 heterocycles. The van der Waals surface area contributed by atoms with Gasteiger partial charge in [0.05, 0.1) is 17.6 Å². The number of halogens is 2. The van der Waals surface area contributed by atoms with Crippen LogP contribution in [0.5, 0.6) is 0 Å². The van der Waals surface area contributed by atoms with Crippen molar-refractivity contribution in [2.24, 2.45) is 0 Å². The molecule has 2 aromatic heterocycles. The van der Waals surface area contributed by atoms with Crippen LogP contribution in [0, 0.1) is 12.7 Å². The van der Waals surface area contributed by atoms with Crippen molar-refractivity contribution >= 4 is 34.2 Å². The lowest BCUT2D eigenvalue weighted by Gasteiger charge is -2.12. The lowest BCUT2D eigenvalue weighted by molar-refractivity contribution is 0.0941. The second-order valence-corrected chi connectivity index (χ2v) is 8.37. The number of aromatic nitrogens is 4. The molecule has 1 N–H and O–H groups in total. The molecule has 0 radical (unpaired) electrons. The number of aryl methyl sites for hydroxylation is 1. The van der Waals surface area contributed by atoms with Crippen molar-refractivity contribution in [1.82, 2.24) is 24.5 Å². The van der Waals surface area contributed by atoms with Gasteiger partial charge < -0.3 is 5.32 Å². The Bertz CT molecular complexity index is 1630. The molecule has 0 aliphatic rings. The molecular formula is C25H19ClFN5O2. The average Bonchev–Trinajstić information content (AvgIpc) is 3.27. The van der Waals surface area contributed by atoms with Crippen LogP contribution >= 0.6 is 11.6 Å². The molecule has 0 unspecified atom stereocenters. The summed E-state index contributed by atoms with van der Waals surface area (Å²) in [4.78, 5) is 30.4. The van der Waals surface area contributed by atoms with Crippen LogP contribution in [-0.4, -0.2) is 25.1 Å². The van der Waals surface area contributed by atoms with Crippen molar-refractivity contribution < 1.29 is 9.18 Å². The van der Waals surface area contributed by atoms with E-state index in [1.165, 1.54) is 21.2 Å². The highest BCUT2D eigenvalue weighted by Gasteiger charge is 2.19. The van der Waals surface area contributed by atoms with Crippen LogP contribution in [0.1, 0.15) is 27.3 Å². The maximum Gasteiger partial charge on any atom is 0.296 e. The molecule has 0 atom stereocenters. The van der Waals surface area contributed by atoms with Crippen LogP contribution in [-0.2, 0) is 13.1 Å². The number of carbonyl (C=O) groups is 1. The molecule has 0 fully saturated rings. The Morgan fingerprint density at radius 2 is 1.88 bits per heavy atom. The van der Waals surface area contributed by atoms with Gasteiger partial charge in [0.15, 0.2) is 0 Å². The van der Waals surface area contributed by atoms with E-state index in [0.717, 1.165) is 11.1 Å². The maximum atomic E-state index is 13.7. The van der Waals surface area contributed by atoms with Crippen LogP contribution in [0.25, 0.3) is 16.7 Å². The molecule has 9 heteroatoms. The minimum atomic E-state index is -0.528. The van der Waals surface area contributed by atoms with Crippen molar-refractivity contribution in [3.63, 3.8) is 0 Å². The van der Waals surface area contributed by atoms with E-state index >= 15 is 0 Å². The number of benzene rings is 3. The van der Waals surface area contributed by atoms with Crippen LogP contribution in [0.3, 0.4) is 0 Å². The Kier molecular flexibility index (Phi) is 5.59. The quantitative estimate of drug-likeness (QED) is 0.414. The molecule has 170 valence electrons. The summed E-state index contributed by atoms with van der Waals surface area (Å²) < 4.78 is 16.6. The second-order valence-electron chi connectivity index (χ2n) is 7.96. The van der Waals surface area contributed by atoms with Gasteiger partial charge in [0.25, 0.3) is 11.5 Å². The molecule has 3 aromatic carbocycles. The molecule has 5 rings (SSSR count). The van der Waals surface area contributed by atoms with Crippen LogP contribution in [0.4, 0.5) is 4.39 Å². The minimum Gasteiger partial charge on any atom is -0.345 e. The van der Waals surface area contributed by atoms with Gasteiger partial charge in [-0.15, -0.1) is 5.10 Å². The first-order valence-electron chi connectivity index (χ1n) is 10.6. The molecule has 0 aliphatic heterocycles. The topological polar surface area (TPSA) is 81.3 Å². The van der Waals surface area contributed by atoms with Crippen LogP contribution in [0.2, 0.25) is 5.02 Å². The molecule has 0 saturated heterocycles. The Morgan fingerprint density at radius 1 is 1.06 bits per heavy atom. The number of nitrogens with zero attached hydrogens (tertiary/aromatic N) is 4. The fraction of sp³-hybridized carbons (Fsp3) is 0.120. The predicted octanol–water partition coefficient (Wildman–Crippen LogP) is 4.12. The molecule has 34 heavy (non-hydrogen) atoms. The summed E-state index contributed by atoms with van der Waals surface area (Å²) >= 11 is 6.16. The second kappa shape index (κ2) is 8.72. The Labute approximate surface area is 198 Å². The molecule has 7 nitrogen and oxygen atoms in total. The maximum absolute atomic E-state index is 13.7. The fourth-order valence-electron chi connectivity index (χ4n) is 3.84. The summed E-state index contributed by atoms with van der Waals surface area (Å²) in [7, 11) is 0. The summed E-state index contributed by atoms with van der Waals surface area (Å²) in [6.45, 7) is 2.25. The van der Waals surface area contributed by atoms with Crippen molar-refractivity contribution in [2.45, 2.75) is 20.0 Å². The van der Waals surface area contributed by atoms with E-state index in [4.69, 9.17) is 11.6 Å². The number of hydrogen-bond acceptors (Lipinski definition) is 4. The van der Waals surface area contributed by atoms with Crippen molar-refractivity contribution in [1.29, 1.82) is 0 Å². The van der Waals surface area contributed by atoms with Crippen molar-refractivity contribution in [3.05, 3.63) is 110 Å². The normalized spacial score (nSPS) is 11.3. The number of amides is 1. The number of rotatable bonds is 5. The van der Waals surface area contributed by atoms with Gasteiger partial charge >= 0.3 is 0 Å². The van der Waals surface area contributed by atoms with E-state index in [0.29, 0.717) is 21.6 Å². The highest BCUT2D eigenvalue weighted by Crippen LogP contribution is 2.18. The van der Waals surface area contributed by atoms with Gasteiger partial charge in [0.1, 0.15) is 5.82 Å². The minimum absolute atomic E-state index is 0.00986. The van der Waals surface area contributed by atoms with Gasteiger partial charge in [-0.2, -0.15) is 4.98 Å². The predicted molar refractivity (Wildman–Crippen MR) is 128 cm³/mol. The van der Waals surface area contributed by atoms with Crippen LogP contribution < -0.4 is 10.9 Å². The van der Waals surface area contributed by atoms with Gasteiger partial charge in [0.2, 0.25) is 11.5 Å². The Hall–Kier alpha value is -4.04. The lowest BCUT2D eigenvalue weighted by atomic mass is 10.2. The van der Waals surface area contributed by atoms with Gasteiger partial charge in [0, 0.05) is 11.6 Å². The SMILES string of the molecule is Cc1ccc2c(c1)n(Cc1cccc(F)c1)c(=O)c1nc(C(=O)NCc3ccccc3Cl)nn12. The van der Waals surface area contributed by atoms with E-state index in [1.807, 2.05) is 31.2 Å². The molecule has 1 amide bonds. The van der Waals surface area contributed by atoms with Crippen molar-refractivity contribution in [2.75, 3.05) is 0 Å². The molecule has 0 bridgehead atoms. The zero-order valence-electron chi connectivity index (χ0n) is 18.1. The number of nitrogens with one attached hydrogen (secondary N) is 1. The zero-order chi connectivity index (χ0) is 23.8. The largest absolute Gasteiger partial charge is 0.345 e. The summed E-state index contributed by atoms with van der Waals surface area (Å²) in [6.07, 6.45) is 0. The lowest BCUT2D eigenvalue weighted by Crippen LogP contribution is -2.24. The molecule has 0 aliphatic carbocycles. The first kappa shape index (κ1) is 21.8. The van der Waals surface area contributed by atoms with E-state index < -0.39 is 11.5 Å². The number of hydrogen-bond donors (Lipinski definition) is 1. The fourth-order valence-corrected chi connectivity index (χ4v) is 4.05. The van der Waals surface area contributed by atoms with Crippen molar-refractivity contribution in [3.8, 4) is 0 Å². The third-order valence-electron chi connectivity index (χ3n) is 5.52. The zero-order valence-corrected chi connectivity index (χ0v) is 18.9. The third kappa shape index (κ3) is 4.04. The standard InChI is InChI=1S/C25H19ClFN5O2/c1-15-9-10-20-21(11-15)31(14-16-5-4-7-18(27)12-16)25(34)23-29-22(30-32(20)23)24(33)28-13-17-6-2-3-8-19(17)26/h2-12H,13-14H2,1H3,(H,28,33). The Morgan fingerprint density at radius 3 is 2.68 bits per heavy atom. The van der Waals surface area contributed by atoms with E-state index in [9.17, 15) is 14.0 Å². The molecular weight excluding hydrogens is 457 g/mol. The van der Waals surface area contributed by atoms with Gasteiger partial charge in [-0.1, -0.05) is 48.0 Å². The summed E-state index contributed by atoms with van der Waals surface area (Å²) in [5.74, 6) is -1.04.